The van der Waals surface area contributed by atoms with E-state index >= 15 is 0 Å². The first-order valence-electron chi connectivity index (χ1n) is 8.91. The summed E-state index contributed by atoms with van der Waals surface area (Å²) in [5, 5.41) is 4.33. The van der Waals surface area contributed by atoms with Crippen molar-refractivity contribution in [3.05, 3.63) is 72.6 Å². The second-order valence-corrected chi connectivity index (χ2v) is 5.71. The number of para-hydroxylation sites is 2. The number of hydrogen-bond donors (Lipinski definition) is 0. The van der Waals surface area contributed by atoms with Crippen LogP contribution in [-0.4, -0.2) is 35.6 Å². The third kappa shape index (κ3) is 5.10. The van der Waals surface area contributed by atoms with Crippen molar-refractivity contribution < 1.29 is 19.0 Å². The summed E-state index contributed by atoms with van der Waals surface area (Å²) in [5.41, 5.74) is 1.01. The third-order valence-corrected chi connectivity index (χ3v) is 3.73. The van der Waals surface area contributed by atoms with E-state index in [4.69, 9.17) is 14.2 Å². The zero-order chi connectivity index (χ0) is 18.9. The monoisotopic (exact) mass is 366 g/mol. The number of aromatic nitrogens is 2. The molecule has 140 valence electrons. The Kier molecular flexibility index (Phi) is 6.46. The fourth-order valence-electron chi connectivity index (χ4n) is 2.47. The van der Waals surface area contributed by atoms with E-state index in [9.17, 15) is 4.79 Å². The molecule has 0 aliphatic heterocycles. The lowest BCUT2D eigenvalue weighted by molar-refractivity contribution is 0.0514. The zero-order valence-electron chi connectivity index (χ0n) is 15.2. The summed E-state index contributed by atoms with van der Waals surface area (Å²) in [6, 6.07) is 19.1. The van der Waals surface area contributed by atoms with Gasteiger partial charge in [0, 0.05) is 6.42 Å². The Morgan fingerprint density at radius 3 is 2.33 bits per heavy atom. The van der Waals surface area contributed by atoms with Crippen LogP contribution in [0.2, 0.25) is 0 Å². The molecule has 0 N–H and O–H groups in total. The van der Waals surface area contributed by atoms with Crippen LogP contribution in [0.15, 0.2) is 66.9 Å². The van der Waals surface area contributed by atoms with Crippen LogP contribution in [0.3, 0.4) is 0 Å². The van der Waals surface area contributed by atoms with Crippen molar-refractivity contribution in [2.75, 3.05) is 19.8 Å². The van der Waals surface area contributed by atoms with Crippen molar-refractivity contribution in [1.82, 2.24) is 9.78 Å². The van der Waals surface area contributed by atoms with Gasteiger partial charge in [-0.3, -0.25) is 0 Å². The Morgan fingerprint density at radius 1 is 0.963 bits per heavy atom. The van der Waals surface area contributed by atoms with Gasteiger partial charge in [-0.25, -0.2) is 9.48 Å². The van der Waals surface area contributed by atoms with Crippen molar-refractivity contribution in [2.45, 2.75) is 13.3 Å². The summed E-state index contributed by atoms with van der Waals surface area (Å²) in [4.78, 5) is 12.2. The van der Waals surface area contributed by atoms with E-state index in [1.54, 1.807) is 17.8 Å². The summed E-state index contributed by atoms with van der Waals surface area (Å²) in [7, 11) is 0. The molecule has 27 heavy (non-hydrogen) atoms. The number of ether oxygens (including phenoxy) is 3. The Balaban J connectivity index is 1.62. The molecule has 0 unspecified atom stereocenters. The molecule has 0 bridgehead atoms. The Labute approximate surface area is 158 Å². The van der Waals surface area contributed by atoms with E-state index in [1.165, 1.54) is 0 Å². The number of rotatable bonds is 9. The Morgan fingerprint density at radius 2 is 1.63 bits per heavy atom. The van der Waals surface area contributed by atoms with E-state index in [0.29, 0.717) is 25.4 Å². The van der Waals surface area contributed by atoms with Gasteiger partial charge in [0.2, 0.25) is 5.69 Å². The van der Waals surface area contributed by atoms with Crippen molar-refractivity contribution in [3.8, 4) is 17.2 Å². The molecule has 6 heteroatoms. The van der Waals surface area contributed by atoms with Crippen molar-refractivity contribution in [2.24, 2.45) is 0 Å². The predicted octanol–water partition coefficient (Wildman–Crippen LogP) is 3.90. The molecule has 1 heterocycles. The molecule has 0 aliphatic carbocycles. The van der Waals surface area contributed by atoms with Crippen molar-refractivity contribution in [3.63, 3.8) is 0 Å². The molecule has 0 radical (unpaired) electrons. The average molecular weight is 366 g/mol. The Hall–Kier alpha value is -3.28. The van der Waals surface area contributed by atoms with Crippen LogP contribution < -0.4 is 9.47 Å². The van der Waals surface area contributed by atoms with E-state index in [2.05, 4.69) is 5.10 Å². The third-order valence-electron chi connectivity index (χ3n) is 3.73. The lowest BCUT2D eigenvalue weighted by atomic mass is 10.3. The standard InChI is InChI=1S/C21H22N2O4/c1-2-25-21(24)20-19(16-23(22-20)17-10-5-3-6-11-17)27-15-9-14-26-18-12-7-4-8-13-18/h3-8,10-13,16H,2,9,14-15H2,1H3. The largest absolute Gasteiger partial charge is 0.493 e. The minimum atomic E-state index is -0.497. The fraction of sp³-hybridized carbons (Fsp3) is 0.238. The summed E-state index contributed by atoms with van der Waals surface area (Å²) >= 11 is 0. The molecule has 6 nitrogen and oxygen atoms in total. The smallest absolute Gasteiger partial charge is 0.362 e. The molecule has 0 spiro atoms. The summed E-state index contributed by atoms with van der Waals surface area (Å²) < 4.78 is 18.1. The van der Waals surface area contributed by atoms with E-state index < -0.39 is 5.97 Å². The number of carbonyl (C=O) groups excluding carboxylic acids is 1. The van der Waals surface area contributed by atoms with Gasteiger partial charge in [0.1, 0.15) is 5.75 Å². The molecule has 1 aromatic heterocycles. The highest BCUT2D eigenvalue weighted by Gasteiger charge is 2.20. The van der Waals surface area contributed by atoms with Gasteiger partial charge in [-0.15, -0.1) is 0 Å². The topological polar surface area (TPSA) is 62.6 Å². The molecule has 2 aromatic carbocycles. The molecule has 0 fully saturated rings. The van der Waals surface area contributed by atoms with E-state index in [-0.39, 0.29) is 12.3 Å². The molecule has 0 saturated heterocycles. The molecule has 0 atom stereocenters. The second-order valence-electron chi connectivity index (χ2n) is 5.71. The quantitative estimate of drug-likeness (QED) is 0.425. The number of esters is 1. The molecule has 3 aromatic rings. The van der Waals surface area contributed by atoms with Crippen molar-refractivity contribution in [1.29, 1.82) is 0 Å². The minimum absolute atomic E-state index is 0.171. The first-order valence-corrected chi connectivity index (χ1v) is 8.91. The molecular formula is C21H22N2O4. The van der Waals surface area contributed by atoms with Crippen LogP contribution in [0.1, 0.15) is 23.8 Å². The summed E-state index contributed by atoms with van der Waals surface area (Å²) in [6.45, 7) is 2.96. The van der Waals surface area contributed by atoms with E-state index in [1.807, 2.05) is 60.7 Å². The predicted molar refractivity (Wildman–Crippen MR) is 102 cm³/mol. The lowest BCUT2D eigenvalue weighted by Crippen LogP contribution is -2.10. The maximum Gasteiger partial charge on any atom is 0.362 e. The number of hydrogen-bond acceptors (Lipinski definition) is 5. The van der Waals surface area contributed by atoms with E-state index in [0.717, 1.165) is 11.4 Å². The number of nitrogens with zero attached hydrogens (tertiary/aromatic N) is 2. The van der Waals surface area contributed by atoms with Crippen LogP contribution in [0, 0.1) is 0 Å². The maximum atomic E-state index is 12.2. The van der Waals surface area contributed by atoms with Gasteiger partial charge in [0.05, 0.1) is 31.7 Å². The molecule has 0 saturated carbocycles. The van der Waals surface area contributed by atoms with Crippen LogP contribution in [0.5, 0.6) is 11.5 Å². The number of carbonyl (C=O) groups is 1. The normalized spacial score (nSPS) is 10.4. The SMILES string of the molecule is CCOC(=O)c1nn(-c2ccccc2)cc1OCCCOc1ccccc1. The minimum Gasteiger partial charge on any atom is -0.493 e. The second kappa shape index (κ2) is 9.43. The van der Waals surface area contributed by atoms with Gasteiger partial charge in [-0.05, 0) is 31.2 Å². The maximum absolute atomic E-state index is 12.2. The van der Waals surface area contributed by atoms with Crippen LogP contribution in [-0.2, 0) is 4.74 Å². The van der Waals surface area contributed by atoms with Crippen molar-refractivity contribution >= 4 is 5.97 Å². The molecule has 0 amide bonds. The highest BCUT2D eigenvalue weighted by Crippen LogP contribution is 2.21. The van der Waals surface area contributed by atoms with Gasteiger partial charge in [-0.1, -0.05) is 36.4 Å². The number of benzene rings is 2. The first kappa shape index (κ1) is 18.5. The lowest BCUT2D eigenvalue weighted by Gasteiger charge is -2.07. The molecular weight excluding hydrogens is 344 g/mol. The summed E-state index contributed by atoms with van der Waals surface area (Å²) in [5.74, 6) is 0.723. The highest BCUT2D eigenvalue weighted by atomic mass is 16.5. The van der Waals surface area contributed by atoms with Gasteiger partial charge < -0.3 is 14.2 Å². The Bertz CT molecular complexity index is 847. The summed E-state index contributed by atoms with van der Waals surface area (Å²) in [6.07, 6.45) is 2.37. The average Bonchev–Trinajstić information content (AvgIpc) is 3.14. The van der Waals surface area contributed by atoms with Gasteiger partial charge in [-0.2, -0.15) is 5.10 Å². The van der Waals surface area contributed by atoms with Crippen LogP contribution in [0.25, 0.3) is 5.69 Å². The first-order chi connectivity index (χ1) is 13.3. The fourth-order valence-corrected chi connectivity index (χ4v) is 2.47. The van der Waals surface area contributed by atoms with Gasteiger partial charge >= 0.3 is 5.97 Å². The van der Waals surface area contributed by atoms with Gasteiger partial charge in [0.15, 0.2) is 5.75 Å². The molecule has 3 rings (SSSR count). The van der Waals surface area contributed by atoms with Crippen LogP contribution >= 0.6 is 0 Å². The van der Waals surface area contributed by atoms with Crippen LogP contribution in [0.4, 0.5) is 0 Å². The highest BCUT2D eigenvalue weighted by molar-refractivity contribution is 5.90. The molecule has 0 aliphatic rings. The zero-order valence-corrected chi connectivity index (χ0v) is 15.2. The van der Waals surface area contributed by atoms with Gasteiger partial charge in [0.25, 0.3) is 0 Å².